The molecule has 2 heterocycles. The maximum atomic E-state index is 15.5. The van der Waals surface area contributed by atoms with Crippen LogP contribution in [0, 0.1) is 5.82 Å². The molecule has 3 aromatic carbocycles. The predicted octanol–water partition coefficient (Wildman–Crippen LogP) is 5.23. The van der Waals surface area contributed by atoms with Gasteiger partial charge in [0.05, 0.1) is 35.2 Å². The molecule has 0 radical (unpaired) electrons. The van der Waals surface area contributed by atoms with Crippen LogP contribution in [0.15, 0.2) is 70.5 Å². The summed E-state index contributed by atoms with van der Waals surface area (Å²) >= 11 is 1.39. The first-order valence-electron chi connectivity index (χ1n) is 10.7. The number of nitrogen functional groups attached to an aromatic ring is 1. The van der Waals surface area contributed by atoms with E-state index in [4.69, 9.17) is 15.2 Å². The Morgan fingerprint density at radius 1 is 1.15 bits per heavy atom. The van der Waals surface area contributed by atoms with E-state index >= 15 is 4.39 Å². The normalized spacial score (nSPS) is 14.4. The highest BCUT2D eigenvalue weighted by atomic mass is 32.2. The van der Waals surface area contributed by atoms with E-state index in [0.29, 0.717) is 21.8 Å². The molecular formula is C26H21FN2O4S. The number of ether oxygens (including phenoxy) is 2. The Labute approximate surface area is 199 Å². The fourth-order valence-corrected chi connectivity index (χ4v) is 5.53. The molecule has 0 spiro atoms. The van der Waals surface area contributed by atoms with E-state index in [1.807, 2.05) is 34.9 Å². The number of esters is 1. The minimum Gasteiger partial charge on any atom is -0.494 e. The van der Waals surface area contributed by atoms with Gasteiger partial charge in [0.25, 0.3) is 0 Å². The number of hydrogen-bond donors (Lipinski definition) is 1. The molecule has 1 aromatic heterocycles. The molecule has 1 unspecified atom stereocenters. The van der Waals surface area contributed by atoms with Crippen LogP contribution in [0.3, 0.4) is 0 Å². The summed E-state index contributed by atoms with van der Waals surface area (Å²) in [4.78, 5) is 26.2. The van der Waals surface area contributed by atoms with Crippen molar-refractivity contribution in [1.29, 1.82) is 0 Å². The number of hydrogen-bond acceptors (Lipinski definition) is 6. The molecule has 0 amide bonds. The van der Waals surface area contributed by atoms with Crippen molar-refractivity contribution in [1.82, 2.24) is 4.57 Å². The van der Waals surface area contributed by atoms with Crippen LogP contribution in [0.4, 0.5) is 10.1 Å². The molecule has 8 heteroatoms. The van der Waals surface area contributed by atoms with Crippen molar-refractivity contribution in [2.75, 3.05) is 19.5 Å². The number of nitrogens with two attached hydrogens (primary N) is 1. The van der Waals surface area contributed by atoms with Gasteiger partial charge in [-0.15, -0.1) is 0 Å². The van der Waals surface area contributed by atoms with Crippen LogP contribution in [-0.2, 0) is 4.74 Å². The molecule has 4 aromatic rings. The van der Waals surface area contributed by atoms with Crippen molar-refractivity contribution in [3.63, 3.8) is 0 Å². The van der Waals surface area contributed by atoms with E-state index in [-0.39, 0.29) is 34.2 Å². The molecule has 172 valence electrons. The lowest BCUT2D eigenvalue weighted by Gasteiger charge is -2.36. The number of thioether (sulfide) groups is 1. The second-order valence-corrected chi connectivity index (χ2v) is 8.83. The standard InChI is InChI=1S/C26H21FN2O4S/c1-3-33-26(31)20-22(30)17-13-18(27)19(14-9-11-16(28)12-10-14)23(32-2)21(17)29-24(34-25(20)29)15-7-5-4-6-8-15/h4-13,24H,3,28H2,1-2H3. The lowest BCUT2D eigenvalue weighted by Crippen LogP contribution is -2.31. The molecule has 0 fully saturated rings. The van der Waals surface area contributed by atoms with Gasteiger partial charge in [0.1, 0.15) is 16.8 Å². The summed E-state index contributed by atoms with van der Waals surface area (Å²) in [6.45, 7) is 1.79. The van der Waals surface area contributed by atoms with E-state index in [9.17, 15) is 9.59 Å². The molecular weight excluding hydrogens is 455 g/mol. The van der Waals surface area contributed by atoms with E-state index in [2.05, 4.69) is 0 Å². The molecule has 0 saturated carbocycles. The average molecular weight is 477 g/mol. The van der Waals surface area contributed by atoms with Gasteiger partial charge >= 0.3 is 5.97 Å². The van der Waals surface area contributed by atoms with E-state index in [1.165, 1.54) is 24.9 Å². The summed E-state index contributed by atoms with van der Waals surface area (Å²) in [6.07, 6.45) is 0. The quantitative estimate of drug-likeness (QED) is 0.314. The smallest absolute Gasteiger partial charge is 0.344 e. The Bertz CT molecular complexity index is 1480. The fraction of sp³-hybridized carbons (Fsp3) is 0.154. The van der Waals surface area contributed by atoms with Crippen molar-refractivity contribution in [3.8, 4) is 16.9 Å². The van der Waals surface area contributed by atoms with Gasteiger partial charge in [-0.25, -0.2) is 9.18 Å². The number of benzene rings is 3. The zero-order valence-electron chi connectivity index (χ0n) is 18.5. The summed E-state index contributed by atoms with van der Waals surface area (Å²) in [5.41, 5.74) is 7.86. The zero-order valence-corrected chi connectivity index (χ0v) is 19.3. The number of nitrogens with zero attached hydrogens (tertiary/aromatic N) is 1. The van der Waals surface area contributed by atoms with Gasteiger partial charge in [-0.2, -0.15) is 0 Å². The SMILES string of the molecule is CCOC(=O)c1c2n(c3c(OC)c(-c4ccc(N)cc4)c(F)cc3c1=O)C(c1ccccc1)S2. The molecule has 0 saturated heterocycles. The van der Waals surface area contributed by atoms with Gasteiger partial charge in [-0.3, -0.25) is 4.79 Å². The van der Waals surface area contributed by atoms with Gasteiger partial charge in [-0.05, 0) is 36.2 Å². The molecule has 0 bridgehead atoms. The van der Waals surface area contributed by atoms with Crippen LogP contribution >= 0.6 is 11.8 Å². The third kappa shape index (κ3) is 3.33. The third-order valence-corrected chi connectivity index (χ3v) is 7.11. The average Bonchev–Trinajstić information content (AvgIpc) is 2.82. The predicted molar refractivity (Wildman–Crippen MR) is 131 cm³/mol. The molecule has 6 nitrogen and oxygen atoms in total. The van der Waals surface area contributed by atoms with E-state index in [0.717, 1.165) is 5.56 Å². The highest BCUT2D eigenvalue weighted by Gasteiger charge is 2.38. The number of carbonyl (C=O) groups is 1. The summed E-state index contributed by atoms with van der Waals surface area (Å²) in [5.74, 6) is -1.14. The molecule has 1 atom stereocenters. The van der Waals surface area contributed by atoms with Crippen LogP contribution in [-0.4, -0.2) is 24.3 Å². The number of fused-ring (bicyclic) bond motifs is 3. The second kappa shape index (κ2) is 8.53. The maximum absolute atomic E-state index is 15.5. The Balaban J connectivity index is 1.88. The lowest BCUT2D eigenvalue weighted by atomic mass is 9.99. The monoisotopic (exact) mass is 476 g/mol. The van der Waals surface area contributed by atoms with Crippen LogP contribution in [0.2, 0.25) is 0 Å². The summed E-state index contributed by atoms with van der Waals surface area (Å²) < 4.78 is 28.2. The largest absolute Gasteiger partial charge is 0.494 e. The Hall–Kier alpha value is -3.78. The van der Waals surface area contributed by atoms with Gasteiger partial charge < -0.3 is 19.8 Å². The van der Waals surface area contributed by atoms with E-state index in [1.54, 1.807) is 31.2 Å². The van der Waals surface area contributed by atoms with Crippen LogP contribution in [0.1, 0.15) is 28.2 Å². The Kier molecular flexibility index (Phi) is 5.53. The van der Waals surface area contributed by atoms with Crippen LogP contribution < -0.4 is 15.9 Å². The second-order valence-electron chi connectivity index (χ2n) is 7.77. The molecule has 1 aliphatic rings. The third-order valence-electron chi connectivity index (χ3n) is 5.78. The van der Waals surface area contributed by atoms with Crippen molar-refractivity contribution in [2.24, 2.45) is 0 Å². The first-order valence-corrected chi connectivity index (χ1v) is 11.6. The van der Waals surface area contributed by atoms with Gasteiger partial charge in [0, 0.05) is 5.69 Å². The summed E-state index contributed by atoms with van der Waals surface area (Å²) in [5, 5.41) is 0.297. The molecule has 0 aliphatic carbocycles. The summed E-state index contributed by atoms with van der Waals surface area (Å²) in [6, 6.07) is 17.6. The molecule has 5 rings (SSSR count). The van der Waals surface area contributed by atoms with E-state index < -0.39 is 17.2 Å². The zero-order chi connectivity index (χ0) is 24.0. The fourth-order valence-electron chi connectivity index (χ4n) is 4.27. The first-order chi connectivity index (χ1) is 16.5. The minimum absolute atomic E-state index is 0.0570. The highest BCUT2D eigenvalue weighted by molar-refractivity contribution is 8.00. The number of halogens is 1. The molecule has 1 aliphatic heterocycles. The van der Waals surface area contributed by atoms with Gasteiger partial charge in [0.15, 0.2) is 5.75 Å². The Morgan fingerprint density at radius 3 is 2.50 bits per heavy atom. The van der Waals surface area contributed by atoms with Gasteiger partial charge in [-0.1, -0.05) is 54.2 Å². The minimum atomic E-state index is -0.723. The Morgan fingerprint density at radius 2 is 1.85 bits per heavy atom. The van der Waals surface area contributed by atoms with Crippen LogP contribution in [0.5, 0.6) is 5.75 Å². The first kappa shape index (κ1) is 22.0. The van der Waals surface area contributed by atoms with Crippen molar-refractivity contribution >= 4 is 34.3 Å². The van der Waals surface area contributed by atoms with Crippen molar-refractivity contribution in [3.05, 3.63) is 87.8 Å². The highest BCUT2D eigenvalue weighted by Crippen LogP contribution is 2.53. The number of methoxy groups -OCH3 is 1. The molecule has 34 heavy (non-hydrogen) atoms. The maximum Gasteiger partial charge on any atom is 0.344 e. The number of rotatable bonds is 5. The summed E-state index contributed by atoms with van der Waals surface area (Å²) in [7, 11) is 1.44. The van der Waals surface area contributed by atoms with Crippen molar-refractivity contribution in [2.45, 2.75) is 17.3 Å². The molecule has 2 N–H and O–H groups in total. The lowest BCUT2D eigenvalue weighted by molar-refractivity contribution is 0.0518. The number of pyridine rings is 1. The number of carbonyl (C=O) groups excluding carboxylic acids is 1. The number of anilines is 1. The van der Waals surface area contributed by atoms with Gasteiger partial charge in [0.2, 0.25) is 5.43 Å². The number of aromatic nitrogens is 1. The van der Waals surface area contributed by atoms with Crippen molar-refractivity contribution < 1.29 is 18.7 Å². The van der Waals surface area contributed by atoms with Crippen LogP contribution in [0.25, 0.3) is 22.0 Å². The topological polar surface area (TPSA) is 83.6 Å².